The van der Waals surface area contributed by atoms with E-state index in [1.165, 1.54) is 0 Å². The van der Waals surface area contributed by atoms with Crippen molar-refractivity contribution in [1.29, 1.82) is 0 Å². The zero-order valence-electron chi connectivity index (χ0n) is 20.5. The first-order chi connectivity index (χ1) is 14.2. The maximum atomic E-state index is 8.24. The van der Waals surface area contributed by atoms with Crippen molar-refractivity contribution in [1.82, 2.24) is 29.1 Å². The molecular formula is C22H34BCoN7O. The molecule has 0 fully saturated rings. The van der Waals surface area contributed by atoms with E-state index in [9.17, 15) is 0 Å². The Bertz CT molecular complexity index is 917. The van der Waals surface area contributed by atoms with Gasteiger partial charge >= 0.3 is 23.9 Å². The molecule has 0 aliphatic carbocycles. The van der Waals surface area contributed by atoms with Crippen molar-refractivity contribution in [2.24, 2.45) is 0 Å². The van der Waals surface area contributed by atoms with Crippen molar-refractivity contribution in [3.05, 3.63) is 59.3 Å². The molecule has 3 aromatic rings. The van der Waals surface area contributed by atoms with Crippen LogP contribution in [0.4, 0.5) is 0 Å². The number of rotatable bonds is 3. The molecule has 3 aromatic heterocycles. The number of hydrogen-bond donors (Lipinski definition) is 0. The second kappa shape index (κ2) is 10.0. The SMILES string of the molecule is CC(C)(C)c1ccn([BH-](n2ccc(C(C)(C)C)n2)n2ccc(C(C)(C)C)n2)n1.[Co+2].[N-]=C=O. The summed E-state index contributed by atoms with van der Waals surface area (Å²) >= 11 is 0. The van der Waals surface area contributed by atoms with Gasteiger partial charge in [0.2, 0.25) is 0 Å². The molecule has 0 unspecified atom stereocenters. The molecule has 1 radical (unpaired) electrons. The summed E-state index contributed by atoms with van der Waals surface area (Å²) in [6.45, 7) is 19.6. The molecule has 0 aromatic carbocycles. The van der Waals surface area contributed by atoms with Gasteiger partial charge in [-0.05, 0) is 42.9 Å². The van der Waals surface area contributed by atoms with Gasteiger partial charge in [-0.15, -0.1) is 0 Å². The Hall–Kier alpha value is -2.42. The summed E-state index contributed by atoms with van der Waals surface area (Å²) < 4.78 is 6.08. The van der Waals surface area contributed by atoms with Crippen molar-refractivity contribution < 1.29 is 21.6 Å². The summed E-state index contributed by atoms with van der Waals surface area (Å²) in [5, 5.41) is 21.5. The van der Waals surface area contributed by atoms with Gasteiger partial charge in [0.15, 0.2) is 0 Å². The number of isocyanates is 1. The Morgan fingerprint density at radius 3 is 1.06 bits per heavy atom. The van der Waals surface area contributed by atoms with E-state index >= 15 is 0 Å². The van der Waals surface area contributed by atoms with Crippen molar-refractivity contribution >= 4 is 13.2 Å². The minimum Gasteiger partial charge on any atom is -0.724 e. The Labute approximate surface area is 201 Å². The maximum Gasteiger partial charge on any atom is 2.00 e. The molecule has 32 heavy (non-hydrogen) atoms. The molecule has 0 spiro atoms. The van der Waals surface area contributed by atoms with Gasteiger partial charge in [-0.2, -0.15) is 0 Å². The normalized spacial score (nSPS) is 12.1. The van der Waals surface area contributed by atoms with E-state index in [1.807, 2.05) is 13.8 Å². The smallest absolute Gasteiger partial charge is 0.724 e. The molecule has 0 amide bonds. The van der Waals surface area contributed by atoms with Gasteiger partial charge in [0.25, 0.3) is 0 Å². The average Bonchev–Trinajstić information content (AvgIpc) is 3.35. The van der Waals surface area contributed by atoms with Gasteiger partial charge in [0.1, 0.15) is 0 Å². The largest absolute Gasteiger partial charge is 2.00 e. The van der Waals surface area contributed by atoms with Crippen LogP contribution in [0.1, 0.15) is 79.4 Å². The molecule has 0 atom stereocenters. The Balaban J connectivity index is 0.00000121. The van der Waals surface area contributed by atoms with Crippen LogP contribution in [0.5, 0.6) is 0 Å². The van der Waals surface area contributed by atoms with Crippen LogP contribution in [0.15, 0.2) is 36.8 Å². The van der Waals surface area contributed by atoms with Crippen molar-refractivity contribution in [3.63, 3.8) is 0 Å². The number of carbonyl (C=O) groups excluding carboxylic acids is 1. The van der Waals surface area contributed by atoms with E-state index in [0.29, 0.717) is 6.08 Å². The number of aromatic nitrogens is 6. The van der Waals surface area contributed by atoms with Gasteiger partial charge in [-0.3, -0.25) is 4.79 Å². The van der Waals surface area contributed by atoms with Crippen LogP contribution in [0, 0.1) is 0 Å². The quantitative estimate of drug-likeness (QED) is 0.323. The molecule has 0 aliphatic heterocycles. The molecule has 0 N–H and O–H groups in total. The molecule has 3 rings (SSSR count). The van der Waals surface area contributed by atoms with Gasteiger partial charge in [-0.25, -0.2) is 15.3 Å². The summed E-state index contributed by atoms with van der Waals surface area (Å²) in [6.07, 6.45) is 6.66. The van der Waals surface area contributed by atoms with Gasteiger partial charge in [0, 0.05) is 16.2 Å². The Morgan fingerprint density at radius 1 is 0.688 bits per heavy atom. The third kappa shape index (κ3) is 6.54. The van der Waals surface area contributed by atoms with E-state index in [-0.39, 0.29) is 33.0 Å². The fraction of sp³-hybridized carbons (Fsp3) is 0.545. The van der Waals surface area contributed by atoms with Crippen LogP contribution < -0.4 is 0 Å². The second-order valence-electron chi connectivity index (χ2n) is 11.0. The third-order valence-corrected chi connectivity index (χ3v) is 5.10. The van der Waals surface area contributed by atoms with Crippen LogP contribution >= 0.6 is 0 Å². The van der Waals surface area contributed by atoms with E-state index in [1.54, 1.807) is 0 Å². The van der Waals surface area contributed by atoms with Gasteiger partial charge < -0.3 is 19.2 Å². The molecule has 175 valence electrons. The topological polar surface area (TPSA) is 92.8 Å². The summed E-state index contributed by atoms with van der Waals surface area (Å²) in [5.41, 5.74) is 3.19. The molecule has 3 heterocycles. The predicted molar refractivity (Wildman–Crippen MR) is 125 cm³/mol. The number of nitrogens with zero attached hydrogens (tertiary/aromatic N) is 7. The van der Waals surface area contributed by atoms with Crippen LogP contribution in [0.25, 0.3) is 5.41 Å². The molecule has 0 saturated carbocycles. The molecule has 10 heteroatoms. The fourth-order valence-electron chi connectivity index (χ4n) is 3.20. The van der Waals surface area contributed by atoms with Crippen LogP contribution in [-0.2, 0) is 37.8 Å². The average molecular weight is 482 g/mol. The predicted octanol–water partition coefficient (Wildman–Crippen LogP) is 3.72. The fourth-order valence-corrected chi connectivity index (χ4v) is 3.20. The van der Waals surface area contributed by atoms with Crippen molar-refractivity contribution in [2.75, 3.05) is 0 Å². The zero-order valence-corrected chi connectivity index (χ0v) is 21.6. The van der Waals surface area contributed by atoms with E-state index in [2.05, 4.69) is 99.1 Å². The Morgan fingerprint density at radius 2 is 0.906 bits per heavy atom. The standard InChI is InChI=1S/C21H34BN6.CNO.Co/c1-19(2,3)16-10-13-26(23-16)22(27-14-11-17(24-27)20(4,5)6)28-15-12-18(25-28)21(7,8)9;2-1-3;/h10-15,22H,1-9H3;;/q2*-1;+2. The first-order valence-electron chi connectivity index (χ1n) is 10.5. The maximum absolute atomic E-state index is 8.24. The zero-order chi connectivity index (χ0) is 23.6. The van der Waals surface area contributed by atoms with Gasteiger partial charge in [0.05, 0.1) is 17.1 Å². The summed E-state index contributed by atoms with van der Waals surface area (Å²) in [7, 11) is -1.34. The van der Waals surface area contributed by atoms with Gasteiger partial charge in [-0.1, -0.05) is 62.3 Å². The van der Waals surface area contributed by atoms with Crippen molar-refractivity contribution in [2.45, 2.75) is 78.6 Å². The minimum atomic E-state index is -1.34. The van der Waals surface area contributed by atoms with Crippen LogP contribution in [-0.4, -0.2) is 42.3 Å². The van der Waals surface area contributed by atoms with Crippen LogP contribution in [0.3, 0.4) is 0 Å². The third-order valence-electron chi connectivity index (χ3n) is 5.10. The first-order valence-corrected chi connectivity index (χ1v) is 10.5. The minimum absolute atomic E-state index is 0. The molecule has 0 aliphatic rings. The molecule has 8 nitrogen and oxygen atoms in total. The molecule has 0 bridgehead atoms. The van der Waals surface area contributed by atoms with E-state index in [4.69, 9.17) is 25.5 Å². The van der Waals surface area contributed by atoms with E-state index < -0.39 is 7.12 Å². The summed E-state index contributed by atoms with van der Waals surface area (Å²) in [4.78, 5) is 8.24. The monoisotopic (exact) mass is 482 g/mol. The second-order valence-corrected chi connectivity index (χ2v) is 11.0. The number of hydrogen-bond acceptors (Lipinski definition) is 4. The van der Waals surface area contributed by atoms with E-state index in [0.717, 1.165) is 17.1 Å². The Kier molecular flexibility index (Phi) is 8.65. The first kappa shape index (κ1) is 27.6. The van der Waals surface area contributed by atoms with Crippen molar-refractivity contribution in [3.8, 4) is 0 Å². The molecular weight excluding hydrogens is 448 g/mol. The molecule has 0 saturated heterocycles. The van der Waals surface area contributed by atoms with Crippen LogP contribution in [0.2, 0.25) is 0 Å². The summed E-state index contributed by atoms with van der Waals surface area (Å²) in [6, 6.07) is 6.30. The summed E-state index contributed by atoms with van der Waals surface area (Å²) in [5.74, 6) is 0.